The number of aromatic nitrogens is 3. The Hall–Kier alpha value is -3.03. The van der Waals surface area contributed by atoms with Crippen LogP contribution in [0.3, 0.4) is 0 Å². The summed E-state index contributed by atoms with van der Waals surface area (Å²) in [6.07, 6.45) is 0. The van der Waals surface area contributed by atoms with Crippen LogP contribution in [0.2, 0.25) is 5.02 Å². The molecule has 0 atom stereocenters. The minimum atomic E-state index is -0.226. The fourth-order valence-electron chi connectivity index (χ4n) is 3.04. The zero-order valence-electron chi connectivity index (χ0n) is 17.0. The third-order valence-corrected chi connectivity index (χ3v) is 5.62. The lowest BCUT2D eigenvalue weighted by molar-refractivity contribution is 0.340. The van der Waals surface area contributed by atoms with Gasteiger partial charge in [-0.2, -0.15) is 0 Å². The number of nitrogens with one attached hydrogen (secondary N) is 1. The van der Waals surface area contributed by atoms with Crippen molar-refractivity contribution in [3.8, 4) is 28.5 Å². The number of hydrogen-bond acceptors (Lipinski definition) is 6. The van der Waals surface area contributed by atoms with Crippen LogP contribution in [0.25, 0.3) is 22.7 Å². The van der Waals surface area contributed by atoms with Gasteiger partial charge in [-0.15, -0.1) is 0 Å². The summed E-state index contributed by atoms with van der Waals surface area (Å²) in [6, 6.07) is 16.4. The summed E-state index contributed by atoms with van der Waals surface area (Å²) >= 11 is 7.45. The van der Waals surface area contributed by atoms with E-state index < -0.39 is 0 Å². The summed E-state index contributed by atoms with van der Waals surface area (Å²) < 4.78 is 11.6. The molecule has 8 heteroatoms. The largest absolute Gasteiger partial charge is 0.493 e. The summed E-state index contributed by atoms with van der Waals surface area (Å²) in [5, 5.41) is 1.09. The number of hydrogen-bond donors (Lipinski definition) is 1. The highest BCUT2D eigenvalue weighted by molar-refractivity contribution is 7.98. The number of benzene rings is 2. The van der Waals surface area contributed by atoms with Gasteiger partial charge in [-0.05, 0) is 38.1 Å². The molecule has 158 valence electrons. The Morgan fingerprint density at radius 3 is 2.77 bits per heavy atom. The van der Waals surface area contributed by atoms with Crippen LogP contribution in [0.5, 0.6) is 5.75 Å². The SMILES string of the molecule is CCOc1ccccc1-c1nc(CSc2nc(-c3cccc(Cl)c3)cc(=O)[nH]2)c(C)o1. The number of nitrogens with zero attached hydrogens (tertiary/aromatic N) is 2. The van der Waals surface area contributed by atoms with E-state index in [4.69, 9.17) is 20.8 Å². The lowest BCUT2D eigenvalue weighted by atomic mass is 10.1. The Morgan fingerprint density at radius 2 is 1.97 bits per heavy atom. The standard InChI is InChI=1S/C23H20ClN3O3S/c1-3-29-20-10-5-4-9-17(20)22-25-19(14(2)30-22)13-31-23-26-18(12-21(28)27-23)15-7-6-8-16(24)11-15/h4-12H,3,13H2,1-2H3,(H,26,27,28). The van der Waals surface area contributed by atoms with Gasteiger partial charge in [-0.1, -0.05) is 47.6 Å². The normalized spacial score (nSPS) is 10.9. The highest BCUT2D eigenvalue weighted by Gasteiger charge is 2.16. The number of rotatable bonds is 7. The van der Waals surface area contributed by atoms with Crippen molar-refractivity contribution in [3.05, 3.63) is 81.4 Å². The number of H-pyrrole nitrogens is 1. The molecule has 6 nitrogen and oxygen atoms in total. The van der Waals surface area contributed by atoms with Crippen molar-refractivity contribution in [1.29, 1.82) is 0 Å². The fourth-order valence-corrected chi connectivity index (χ4v) is 4.11. The second-order valence-corrected chi connectivity index (χ2v) is 8.09. The molecule has 0 saturated heterocycles. The van der Waals surface area contributed by atoms with Crippen LogP contribution in [-0.4, -0.2) is 21.6 Å². The van der Waals surface area contributed by atoms with Gasteiger partial charge in [0.05, 0.1) is 23.6 Å². The molecule has 0 unspecified atom stereocenters. The summed E-state index contributed by atoms with van der Waals surface area (Å²) in [5.74, 6) is 2.44. The molecule has 0 aliphatic heterocycles. The molecule has 1 N–H and O–H groups in total. The first-order chi connectivity index (χ1) is 15.0. The number of aromatic amines is 1. The van der Waals surface area contributed by atoms with Crippen LogP contribution < -0.4 is 10.3 Å². The van der Waals surface area contributed by atoms with E-state index in [9.17, 15) is 4.79 Å². The van der Waals surface area contributed by atoms with E-state index >= 15 is 0 Å². The molecule has 0 bridgehead atoms. The summed E-state index contributed by atoms with van der Waals surface area (Å²) in [7, 11) is 0. The van der Waals surface area contributed by atoms with E-state index in [1.165, 1.54) is 17.8 Å². The first kappa shape index (κ1) is 21.2. The molecule has 2 aromatic heterocycles. The average molecular weight is 454 g/mol. The smallest absolute Gasteiger partial charge is 0.252 e. The van der Waals surface area contributed by atoms with Gasteiger partial charge in [-0.25, -0.2) is 9.97 Å². The monoisotopic (exact) mass is 453 g/mol. The van der Waals surface area contributed by atoms with Crippen LogP contribution >= 0.6 is 23.4 Å². The average Bonchev–Trinajstić information content (AvgIpc) is 3.13. The van der Waals surface area contributed by atoms with E-state index in [-0.39, 0.29) is 5.56 Å². The van der Waals surface area contributed by atoms with Crippen molar-refractivity contribution >= 4 is 23.4 Å². The van der Waals surface area contributed by atoms with Gasteiger partial charge < -0.3 is 14.1 Å². The maximum Gasteiger partial charge on any atom is 0.252 e. The number of ether oxygens (including phenoxy) is 1. The Balaban J connectivity index is 1.56. The van der Waals surface area contributed by atoms with Crippen LogP contribution in [0.4, 0.5) is 0 Å². The number of halogens is 1. The van der Waals surface area contributed by atoms with Gasteiger partial charge in [0, 0.05) is 22.4 Å². The molecule has 0 spiro atoms. The van der Waals surface area contributed by atoms with Gasteiger partial charge in [0.15, 0.2) is 5.16 Å². The molecule has 0 aliphatic carbocycles. The van der Waals surface area contributed by atoms with E-state index in [2.05, 4.69) is 15.0 Å². The highest BCUT2D eigenvalue weighted by Crippen LogP contribution is 2.32. The van der Waals surface area contributed by atoms with E-state index in [1.54, 1.807) is 12.1 Å². The number of oxazole rings is 1. The van der Waals surface area contributed by atoms with Crippen molar-refractivity contribution < 1.29 is 9.15 Å². The van der Waals surface area contributed by atoms with Crippen LogP contribution in [0, 0.1) is 6.92 Å². The maximum atomic E-state index is 12.1. The Kier molecular flexibility index (Phi) is 6.44. The molecule has 31 heavy (non-hydrogen) atoms. The first-order valence-corrected chi connectivity index (χ1v) is 11.1. The van der Waals surface area contributed by atoms with Gasteiger partial charge in [-0.3, -0.25) is 4.79 Å². The second-order valence-electron chi connectivity index (χ2n) is 6.69. The van der Waals surface area contributed by atoms with E-state index in [1.807, 2.05) is 50.2 Å². The molecule has 0 aliphatic rings. The molecule has 0 radical (unpaired) electrons. The van der Waals surface area contributed by atoms with Gasteiger partial charge in [0.25, 0.3) is 5.56 Å². The Bertz CT molecular complexity index is 1270. The van der Waals surface area contributed by atoms with Gasteiger partial charge >= 0.3 is 0 Å². The fraction of sp³-hybridized carbons (Fsp3) is 0.174. The minimum Gasteiger partial charge on any atom is -0.493 e. The van der Waals surface area contributed by atoms with Gasteiger partial charge in [0.2, 0.25) is 5.89 Å². The maximum absolute atomic E-state index is 12.1. The third-order valence-electron chi connectivity index (χ3n) is 4.50. The van der Waals surface area contributed by atoms with E-state index in [0.29, 0.717) is 39.9 Å². The number of thioether (sulfide) groups is 1. The molecule has 4 rings (SSSR count). The van der Waals surface area contributed by atoms with Crippen molar-refractivity contribution in [3.63, 3.8) is 0 Å². The molecule has 0 amide bonds. The first-order valence-electron chi connectivity index (χ1n) is 9.72. The van der Waals surface area contributed by atoms with Crippen molar-refractivity contribution in [2.45, 2.75) is 24.8 Å². The molecular formula is C23H20ClN3O3S. The highest BCUT2D eigenvalue weighted by atomic mass is 35.5. The quantitative estimate of drug-likeness (QED) is 0.283. The summed E-state index contributed by atoms with van der Waals surface area (Å²) in [6.45, 7) is 4.36. The Labute approximate surface area is 188 Å². The zero-order valence-corrected chi connectivity index (χ0v) is 18.6. The minimum absolute atomic E-state index is 0.226. The molecule has 2 heterocycles. The predicted molar refractivity (Wildman–Crippen MR) is 123 cm³/mol. The van der Waals surface area contributed by atoms with Gasteiger partial charge in [0.1, 0.15) is 11.5 Å². The van der Waals surface area contributed by atoms with Crippen molar-refractivity contribution in [2.24, 2.45) is 0 Å². The van der Waals surface area contributed by atoms with E-state index in [0.717, 1.165) is 22.6 Å². The predicted octanol–water partition coefficient (Wildman–Crippen LogP) is 5.74. The molecule has 0 saturated carbocycles. The van der Waals surface area contributed by atoms with Crippen molar-refractivity contribution in [2.75, 3.05) is 6.61 Å². The van der Waals surface area contributed by atoms with Crippen LogP contribution in [0.1, 0.15) is 18.4 Å². The molecule has 0 fully saturated rings. The topological polar surface area (TPSA) is 81.0 Å². The summed E-state index contributed by atoms with van der Waals surface area (Å²) in [4.78, 5) is 24.1. The third kappa shape index (κ3) is 5.00. The number of aryl methyl sites for hydroxylation is 1. The van der Waals surface area contributed by atoms with Crippen LogP contribution in [-0.2, 0) is 5.75 Å². The summed E-state index contributed by atoms with van der Waals surface area (Å²) in [5.41, 5.74) is 2.71. The lowest BCUT2D eigenvalue weighted by Crippen LogP contribution is -2.08. The number of para-hydroxylation sites is 1. The molecule has 2 aromatic carbocycles. The molecular weight excluding hydrogens is 434 g/mol. The Morgan fingerprint density at radius 1 is 1.13 bits per heavy atom. The zero-order chi connectivity index (χ0) is 21.8. The van der Waals surface area contributed by atoms with Crippen LogP contribution in [0.15, 0.2) is 69.0 Å². The van der Waals surface area contributed by atoms with Crippen molar-refractivity contribution in [1.82, 2.24) is 15.0 Å². The second kappa shape index (κ2) is 9.41. The molecule has 4 aromatic rings. The lowest BCUT2D eigenvalue weighted by Gasteiger charge is -2.06.